The fourth-order valence-corrected chi connectivity index (χ4v) is 5.37. The Bertz CT molecular complexity index is 1200. The van der Waals surface area contributed by atoms with Crippen molar-refractivity contribution in [3.63, 3.8) is 0 Å². The lowest BCUT2D eigenvalue weighted by Gasteiger charge is -2.31. The number of primary sulfonamides is 1. The first kappa shape index (κ1) is 22.0. The summed E-state index contributed by atoms with van der Waals surface area (Å²) in [6, 6.07) is 12.1. The Morgan fingerprint density at radius 2 is 2.03 bits per heavy atom. The number of piperidine rings is 1. The topological polar surface area (TPSA) is 105 Å². The Hall–Kier alpha value is -2.20. The summed E-state index contributed by atoms with van der Waals surface area (Å²) in [4.78, 5) is 19.7. The highest BCUT2D eigenvalue weighted by Crippen LogP contribution is 2.32. The smallest absolute Gasteiger partial charge is 0.238 e. The molecule has 0 bridgehead atoms. The van der Waals surface area contributed by atoms with E-state index in [4.69, 9.17) is 21.7 Å². The Balaban J connectivity index is 1.32. The van der Waals surface area contributed by atoms with Crippen LogP contribution < -0.4 is 15.4 Å². The fourth-order valence-electron chi connectivity index (χ4n) is 3.71. The molecule has 0 aliphatic carbocycles. The second-order valence-electron chi connectivity index (χ2n) is 7.62. The maximum Gasteiger partial charge on any atom is 0.238 e. The zero-order valence-electron chi connectivity index (χ0n) is 16.8. The number of anilines is 1. The van der Waals surface area contributed by atoms with Crippen LogP contribution >= 0.6 is 22.9 Å². The van der Waals surface area contributed by atoms with Gasteiger partial charge in [-0.1, -0.05) is 35.1 Å². The molecule has 1 aliphatic rings. The lowest BCUT2D eigenvalue weighted by atomic mass is 9.97. The molecule has 1 amide bonds. The summed E-state index contributed by atoms with van der Waals surface area (Å²) in [6.07, 6.45) is 2.40. The molecule has 31 heavy (non-hydrogen) atoms. The zero-order valence-corrected chi connectivity index (χ0v) is 19.1. The summed E-state index contributed by atoms with van der Waals surface area (Å²) < 4.78 is 23.7. The predicted octanol–water partition coefficient (Wildman–Crippen LogP) is 3.17. The number of nitrogens with zero attached hydrogens (tertiary/aromatic N) is 2. The molecule has 1 atom stereocenters. The van der Waals surface area contributed by atoms with Crippen LogP contribution in [0.5, 0.6) is 0 Å². The zero-order chi connectivity index (χ0) is 22.0. The maximum atomic E-state index is 12.7. The van der Waals surface area contributed by atoms with Gasteiger partial charge in [0.1, 0.15) is 0 Å². The van der Waals surface area contributed by atoms with E-state index in [-0.39, 0.29) is 16.7 Å². The van der Waals surface area contributed by atoms with Crippen LogP contribution in [0.3, 0.4) is 0 Å². The van der Waals surface area contributed by atoms with Gasteiger partial charge in [-0.25, -0.2) is 18.5 Å². The normalized spacial score (nSPS) is 17.1. The van der Waals surface area contributed by atoms with Gasteiger partial charge in [-0.15, -0.1) is 0 Å². The predicted molar refractivity (Wildman–Crippen MR) is 124 cm³/mol. The second-order valence-corrected chi connectivity index (χ2v) is 10.6. The molecule has 1 unspecified atom stereocenters. The number of carbonyl (C=O) groups excluding carboxylic acids is 1. The summed E-state index contributed by atoms with van der Waals surface area (Å²) in [5, 5.41) is 9.71. The number of aromatic nitrogens is 1. The van der Waals surface area contributed by atoms with Gasteiger partial charge in [0.2, 0.25) is 15.9 Å². The average molecular weight is 479 g/mol. The number of thiazole rings is 1. The molecular formula is C21H23ClN4O3S2. The second kappa shape index (κ2) is 9.12. The number of hydrogen-bond acceptors (Lipinski definition) is 6. The number of amides is 1. The van der Waals surface area contributed by atoms with Gasteiger partial charge in [-0.3, -0.25) is 4.79 Å². The van der Waals surface area contributed by atoms with E-state index in [0.29, 0.717) is 24.5 Å². The van der Waals surface area contributed by atoms with Gasteiger partial charge in [0.05, 0.1) is 21.0 Å². The van der Waals surface area contributed by atoms with Crippen molar-refractivity contribution >= 4 is 54.2 Å². The lowest BCUT2D eigenvalue weighted by molar-refractivity contribution is -0.125. The van der Waals surface area contributed by atoms with Crippen molar-refractivity contribution < 1.29 is 13.2 Å². The van der Waals surface area contributed by atoms with E-state index >= 15 is 0 Å². The third kappa shape index (κ3) is 5.35. The largest absolute Gasteiger partial charge is 0.355 e. The van der Waals surface area contributed by atoms with Crippen molar-refractivity contribution in [2.24, 2.45) is 11.1 Å². The number of hydrogen-bond donors (Lipinski definition) is 2. The summed E-state index contributed by atoms with van der Waals surface area (Å²) in [6.45, 7) is 2.01. The Kier molecular flexibility index (Phi) is 6.47. The maximum absolute atomic E-state index is 12.7. The first-order valence-corrected chi connectivity index (χ1v) is 12.7. The highest BCUT2D eigenvalue weighted by Gasteiger charge is 2.27. The third-order valence-electron chi connectivity index (χ3n) is 5.37. The summed E-state index contributed by atoms with van der Waals surface area (Å²) in [5.41, 5.74) is 1.82. The van der Waals surface area contributed by atoms with E-state index in [1.54, 1.807) is 23.5 Å². The van der Waals surface area contributed by atoms with E-state index in [9.17, 15) is 13.2 Å². The first-order chi connectivity index (χ1) is 14.8. The van der Waals surface area contributed by atoms with Gasteiger partial charge < -0.3 is 10.2 Å². The van der Waals surface area contributed by atoms with Crippen molar-refractivity contribution in [2.75, 3.05) is 24.5 Å². The van der Waals surface area contributed by atoms with Gasteiger partial charge in [0.25, 0.3) is 0 Å². The van der Waals surface area contributed by atoms with E-state index in [1.807, 2.05) is 18.2 Å². The number of fused-ring (bicyclic) bond motifs is 1. The molecule has 10 heteroatoms. The molecule has 3 aromatic rings. The number of halogens is 1. The molecule has 4 rings (SSSR count). The molecule has 1 saturated heterocycles. The van der Waals surface area contributed by atoms with E-state index < -0.39 is 10.0 Å². The minimum Gasteiger partial charge on any atom is -0.355 e. The van der Waals surface area contributed by atoms with Crippen molar-refractivity contribution in [2.45, 2.75) is 24.2 Å². The number of nitrogens with one attached hydrogen (secondary N) is 1. The molecule has 0 spiro atoms. The Labute approximate surface area is 190 Å². The van der Waals surface area contributed by atoms with Gasteiger partial charge in [0.15, 0.2) is 5.13 Å². The first-order valence-electron chi connectivity index (χ1n) is 10.00. The van der Waals surface area contributed by atoms with Crippen molar-refractivity contribution in [1.29, 1.82) is 0 Å². The van der Waals surface area contributed by atoms with Crippen molar-refractivity contribution in [1.82, 2.24) is 10.3 Å². The SMILES string of the molecule is NS(=O)(=O)c1ccc(CCNC(=O)C2CCCN(c3nc4cc(Cl)ccc4s3)C2)cc1. The molecule has 7 nitrogen and oxygen atoms in total. The summed E-state index contributed by atoms with van der Waals surface area (Å²) in [5.74, 6) is -0.0517. The summed E-state index contributed by atoms with van der Waals surface area (Å²) in [7, 11) is -3.69. The van der Waals surface area contributed by atoms with Crippen LogP contribution in [0, 0.1) is 5.92 Å². The molecule has 1 fully saturated rings. The molecule has 1 aromatic heterocycles. The molecule has 1 aliphatic heterocycles. The Morgan fingerprint density at radius 3 is 2.77 bits per heavy atom. The molecule has 0 saturated carbocycles. The van der Waals surface area contributed by atoms with Gasteiger partial charge in [-0.05, 0) is 55.2 Å². The Morgan fingerprint density at radius 1 is 1.26 bits per heavy atom. The minimum absolute atomic E-state index is 0.0370. The molecule has 2 aromatic carbocycles. The van der Waals surface area contributed by atoms with E-state index in [2.05, 4.69) is 10.2 Å². The molecular weight excluding hydrogens is 456 g/mol. The van der Waals surface area contributed by atoms with Gasteiger partial charge >= 0.3 is 0 Å². The van der Waals surface area contributed by atoms with Crippen LogP contribution in [0.15, 0.2) is 47.4 Å². The third-order valence-corrected chi connectivity index (χ3v) is 7.63. The van der Waals surface area contributed by atoms with Crippen LogP contribution in [0.4, 0.5) is 5.13 Å². The quantitative estimate of drug-likeness (QED) is 0.566. The van der Waals surface area contributed by atoms with Crippen LogP contribution in [-0.2, 0) is 21.2 Å². The van der Waals surface area contributed by atoms with E-state index in [0.717, 1.165) is 40.3 Å². The number of nitrogens with two attached hydrogens (primary N) is 1. The molecule has 3 N–H and O–H groups in total. The highest BCUT2D eigenvalue weighted by atomic mass is 35.5. The van der Waals surface area contributed by atoms with Crippen LogP contribution in [0.25, 0.3) is 10.2 Å². The molecule has 2 heterocycles. The number of sulfonamides is 1. The molecule has 164 valence electrons. The standard InChI is InChI=1S/C21H23ClN4O3S2/c22-16-5-8-19-18(12-16)25-21(30-19)26-11-1-2-15(13-26)20(27)24-10-9-14-3-6-17(7-4-14)31(23,28)29/h3-8,12,15H,1-2,9-11,13H2,(H,24,27)(H2,23,28,29). The van der Waals surface area contributed by atoms with Gasteiger partial charge in [-0.2, -0.15) is 0 Å². The number of rotatable bonds is 6. The van der Waals surface area contributed by atoms with Crippen molar-refractivity contribution in [3.8, 4) is 0 Å². The monoisotopic (exact) mass is 478 g/mol. The average Bonchev–Trinajstić information content (AvgIpc) is 3.17. The number of benzene rings is 2. The molecule has 0 radical (unpaired) electrons. The number of carbonyl (C=O) groups is 1. The van der Waals surface area contributed by atoms with Gasteiger partial charge in [0, 0.05) is 24.7 Å². The van der Waals surface area contributed by atoms with Crippen molar-refractivity contribution in [3.05, 3.63) is 53.1 Å². The summed E-state index contributed by atoms with van der Waals surface area (Å²) >= 11 is 7.68. The minimum atomic E-state index is -3.69. The lowest BCUT2D eigenvalue weighted by Crippen LogP contribution is -2.43. The van der Waals surface area contributed by atoms with Crippen LogP contribution in [-0.4, -0.2) is 38.9 Å². The van der Waals surface area contributed by atoms with Crippen LogP contribution in [0.1, 0.15) is 18.4 Å². The fraction of sp³-hybridized carbons (Fsp3) is 0.333. The highest BCUT2D eigenvalue weighted by molar-refractivity contribution is 7.89. The van der Waals surface area contributed by atoms with Crippen LogP contribution in [0.2, 0.25) is 5.02 Å². The van der Waals surface area contributed by atoms with E-state index in [1.165, 1.54) is 12.1 Å².